The summed E-state index contributed by atoms with van der Waals surface area (Å²) in [6.45, 7) is 0.665. The summed E-state index contributed by atoms with van der Waals surface area (Å²) in [7, 11) is 0. The molecule has 0 atom stereocenters. The summed E-state index contributed by atoms with van der Waals surface area (Å²) < 4.78 is 57.2. The van der Waals surface area contributed by atoms with Crippen LogP contribution in [-0.2, 0) is 6.18 Å². The van der Waals surface area contributed by atoms with E-state index in [4.69, 9.17) is 13.9 Å². The highest BCUT2D eigenvalue weighted by Gasteiger charge is 2.35. The summed E-state index contributed by atoms with van der Waals surface area (Å²) in [5.41, 5.74) is -2.14. The molecule has 0 aliphatic carbocycles. The molecule has 0 amide bonds. The molecule has 29 heavy (non-hydrogen) atoms. The first-order chi connectivity index (χ1) is 13.9. The molecule has 0 radical (unpaired) electrons. The van der Waals surface area contributed by atoms with Crippen molar-refractivity contribution in [2.24, 2.45) is 0 Å². The van der Waals surface area contributed by atoms with Crippen molar-refractivity contribution >= 4 is 21.7 Å². The minimum Gasteiger partial charge on any atom is -0.486 e. The summed E-state index contributed by atoms with van der Waals surface area (Å²) in [5, 5.41) is 1.25. The maximum Gasteiger partial charge on any atom is 0.418 e. The molecule has 0 bridgehead atoms. The van der Waals surface area contributed by atoms with Gasteiger partial charge in [0, 0.05) is 11.6 Å². The molecule has 0 saturated carbocycles. The van der Waals surface area contributed by atoms with Crippen molar-refractivity contribution in [2.75, 3.05) is 13.2 Å². The van der Waals surface area contributed by atoms with Crippen LogP contribution in [0.15, 0.2) is 58.1 Å². The van der Waals surface area contributed by atoms with Gasteiger partial charge < -0.3 is 13.9 Å². The van der Waals surface area contributed by atoms with Gasteiger partial charge in [-0.15, -0.1) is 0 Å². The Kier molecular flexibility index (Phi) is 3.77. The molecule has 146 valence electrons. The Labute approximate surface area is 161 Å². The largest absolute Gasteiger partial charge is 0.486 e. The lowest BCUT2D eigenvalue weighted by atomic mass is 10.00. The van der Waals surface area contributed by atoms with Gasteiger partial charge >= 0.3 is 6.18 Å². The van der Waals surface area contributed by atoms with Crippen molar-refractivity contribution in [3.05, 3.63) is 64.6 Å². The van der Waals surface area contributed by atoms with Gasteiger partial charge in [-0.2, -0.15) is 13.2 Å². The lowest BCUT2D eigenvalue weighted by Gasteiger charge is -2.20. The maximum absolute atomic E-state index is 13.4. The molecule has 3 heterocycles. The fourth-order valence-corrected chi connectivity index (χ4v) is 3.55. The van der Waals surface area contributed by atoms with Gasteiger partial charge in [-0.3, -0.25) is 9.78 Å². The third-order valence-electron chi connectivity index (χ3n) is 4.80. The molecule has 2 aromatic heterocycles. The van der Waals surface area contributed by atoms with Crippen LogP contribution in [0.4, 0.5) is 13.2 Å². The van der Waals surface area contributed by atoms with Crippen LogP contribution in [0, 0.1) is 0 Å². The predicted molar refractivity (Wildman–Crippen MR) is 99.2 cm³/mol. The van der Waals surface area contributed by atoms with E-state index in [0.717, 1.165) is 12.3 Å². The third kappa shape index (κ3) is 2.71. The van der Waals surface area contributed by atoms with Crippen LogP contribution in [0.5, 0.6) is 11.5 Å². The Bertz CT molecular complexity index is 1330. The molecule has 1 aliphatic rings. The van der Waals surface area contributed by atoms with E-state index in [1.165, 1.54) is 12.3 Å². The normalized spacial score (nSPS) is 13.8. The summed E-state index contributed by atoms with van der Waals surface area (Å²) >= 11 is 0. The molecule has 8 heteroatoms. The standard InChI is InChI=1S/C21H12F3NO4/c22-21(23,24)13-2-1-7-25-18(13)12-10-29-14-5-3-11-4-6-15-20(28-9-8-27-15)16(11)17(14)19(12)26/h1-7,10H,8-9H2. The smallest absolute Gasteiger partial charge is 0.418 e. The van der Waals surface area contributed by atoms with Crippen LogP contribution in [0.1, 0.15) is 5.56 Å². The lowest BCUT2D eigenvalue weighted by molar-refractivity contribution is -0.137. The van der Waals surface area contributed by atoms with E-state index >= 15 is 0 Å². The molecule has 5 nitrogen and oxygen atoms in total. The molecule has 0 saturated heterocycles. The van der Waals surface area contributed by atoms with Crippen LogP contribution in [0.3, 0.4) is 0 Å². The lowest BCUT2D eigenvalue weighted by Crippen LogP contribution is -2.16. The highest BCUT2D eigenvalue weighted by Crippen LogP contribution is 2.41. The van der Waals surface area contributed by atoms with Gasteiger partial charge in [0.05, 0.1) is 22.2 Å². The quantitative estimate of drug-likeness (QED) is 0.431. The number of halogens is 3. The molecule has 0 spiro atoms. The first-order valence-corrected chi connectivity index (χ1v) is 8.74. The van der Waals surface area contributed by atoms with E-state index in [1.54, 1.807) is 24.3 Å². The van der Waals surface area contributed by atoms with Crippen LogP contribution < -0.4 is 14.9 Å². The van der Waals surface area contributed by atoms with Gasteiger partial charge in [0.15, 0.2) is 11.5 Å². The SMILES string of the molecule is O=c1c(-c2ncccc2C(F)(F)F)coc2ccc3ccc4c(c3c12)OCCO4. The van der Waals surface area contributed by atoms with Gasteiger partial charge in [0.1, 0.15) is 25.1 Å². The molecule has 4 aromatic rings. The number of ether oxygens (including phenoxy) is 2. The first-order valence-electron chi connectivity index (χ1n) is 8.74. The Hall–Kier alpha value is -3.55. The Balaban J connectivity index is 1.89. The Morgan fingerprint density at radius 1 is 0.966 bits per heavy atom. The summed E-state index contributed by atoms with van der Waals surface area (Å²) in [6, 6.07) is 8.90. The number of pyridine rings is 1. The molecule has 5 rings (SSSR count). The average molecular weight is 399 g/mol. The van der Waals surface area contributed by atoms with E-state index in [1.807, 2.05) is 0 Å². The van der Waals surface area contributed by atoms with Gasteiger partial charge in [-0.1, -0.05) is 12.1 Å². The van der Waals surface area contributed by atoms with E-state index in [0.29, 0.717) is 35.5 Å². The molecule has 1 aliphatic heterocycles. The van der Waals surface area contributed by atoms with Crippen LogP contribution in [0.25, 0.3) is 33.0 Å². The van der Waals surface area contributed by atoms with Crippen molar-refractivity contribution in [3.8, 4) is 22.8 Å². The zero-order valence-electron chi connectivity index (χ0n) is 14.7. The second-order valence-corrected chi connectivity index (χ2v) is 6.50. The third-order valence-corrected chi connectivity index (χ3v) is 4.80. The number of hydrogen-bond donors (Lipinski definition) is 0. The monoisotopic (exact) mass is 399 g/mol. The number of nitrogens with zero attached hydrogens (tertiary/aromatic N) is 1. The summed E-state index contributed by atoms with van der Waals surface area (Å²) in [4.78, 5) is 17.2. The van der Waals surface area contributed by atoms with E-state index in [-0.39, 0.29) is 16.5 Å². The maximum atomic E-state index is 13.4. The first kappa shape index (κ1) is 17.5. The second-order valence-electron chi connectivity index (χ2n) is 6.50. The van der Waals surface area contributed by atoms with Gasteiger partial charge in [0.2, 0.25) is 5.43 Å². The average Bonchev–Trinajstić information content (AvgIpc) is 2.73. The van der Waals surface area contributed by atoms with Crippen LogP contribution in [0.2, 0.25) is 0 Å². The number of hydrogen-bond acceptors (Lipinski definition) is 5. The highest BCUT2D eigenvalue weighted by atomic mass is 19.4. The molecular formula is C21H12F3NO4. The number of alkyl halides is 3. The topological polar surface area (TPSA) is 61.6 Å². The fraction of sp³-hybridized carbons (Fsp3) is 0.143. The van der Waals surface area contributed by atoms with Crippen molar-refractivity contribution in [1.82, 2.24) is 4.98 Å². The predicted octanol–water partition coefficient (Wildman–Crippen LogP) is 4.80. The Morgan fingerprint density at radius 3 is 2.59 bits per heavy atom. The van der Waals surface area contributed by atoms with E-state index in [9.17, 15) is 18.0 Å². The number of aromatic nitrogens is 1. The number of fused-ring (bicyclic) bond motifs is 5. The van der Waals surface area contributed by atoms with E-state index < -0.39 is 22.9 Å². The van der Waals surface area contributed by atoms with Crippen LogP contribution >= 0.6 is 0 Å². The van der Waals surface area contributed by atoms with Gasteiger partial charge in [-0.25, -0.2) is 0 Å². The number of rotatable bonds is 1. The zero-order valence-corrected chi connectivity index (χ0v) is 14.7. The van der Waals surface area contributed by atoms with Crippen molar-refractivity contribution in [1.29, 1.82) is 0 Å². The molecular weight excluding hydrogens is 387 g/mol. The van der Waals surface area contributed by atoms with Gasteiger partial charge in [-0.05, 0) is 29.7 Å². The van der Waals surface area contributed by atoms with Crippen molar-refractivity contribution < 1.29 is 27.1 Å². The minimum atomic E-state index is -4.67. The zero-order chi connectivity index (χ0) is 20.2. The van der Waals surface area contributed by atoms with Crippen LogP contribution in [-0.4, -0.2) is 18.2 Å². The molecule has 0 fully saturated rings. The number of benzene rings is 2. The summed E-state index contributed by atoms with van der Waals surface area (Å²) in [5.74, 6) is 0.843. The van der Waals surface area contributed by atoms with E-state index in [2.05, 4.69) is 4.98 Å². The van der Waals surface area contributed by atoms with Gasteiger partial charge in [0.25, 0.3) is 0 Å². The van der Waals surface area contributed by atoms with Crippen molar-refractivity contribution in [3.63, 3.8) is 0 Å². The molecule has 0 N–H and O–H groups in total. The van der Waals surface area contributed by atoms with Crippen molar-refractivity contribution in [2.45, 2.75) is 6.18 Å². The Morgan fingerprint density at radius 2 is 1.76 bits per heavy atom. The minimum absolute atomic E-state index is 0.126. The fourth-order valence-electron chi connectivity index (χ4n) is 3.55. The highest BCUT2D eigenvalue weighted by molar-refractivity contribution is 6.10. The molecule has 2 aromatic carbocycles. The summed E-state index contributed by atoms with van der Waals surface area (Å²) in [6.07, 6.45) is -2.45. The molecule has 0 unspecified atom stereocenters. The second kappa shape index (κ2) is 6.23.